The van der Waals surface area contributed by atoms with E-state index in [-0.39, 0.29) is 24.7 Å². The Kier molecular flexibility index (Phi) is 9.77. The summed E-state index contributed by atoms with van der Waals surface area (Å²) < 4.78 is 12.2. The summed E-state index contributed by atoms with van der Waals surface area (Å²) in [6.07, 6.45) is 1.65. The number of hydrogen-bond donors (Lipinski definition) is 2. The summed E-state index contributed by atoms with van der Waals surface area (Å²) in [4.78, 5) is 24.2. The minimum atomic E-state index is -0.335. The molecule has 7 nitrogen and oxygen atoms in total. The van der Waals surface area contributed by atoms with Gasteiger partial charge in [-0.15, -0.1) is 0 Å². The molecule has 0 unspecified atom stereocenters. The number of nitrogens with zero attached hydrogens (tertiary/aromatic N) is 1. The van der Waals surface area contributed by atoms with Crippen LogP contribution in [-0.2, 0) is 9.59 Å². The molecule has 2 amide bonds. The number of hydrazone groups is 1. The lowest BCUT2D eigenvalue weighted by atomic mass is 10.1. The van der Waals surface area contributed by atoms with Crippen LogP contribution in [0, 0.1) is 17.4 Å². The van der Waals surface area contributed by atoms with E-state index in [1.165, 1.54) is 6.21 Å². The number of ether oxygens (including phenoxy) is 2. The van der Waals surface area contributed by atoms with Gasteiger partial charge in [-0.1, -0.05) is 12.1 Å². The Hall–Kier alpha value is -2.62. The number of carbonyl (C=O) groups excluding carboxylic acids is 2. The van der Waals surface area contributed by atoms with E-state index in [1.807, 2.05) is 58.0 Å². The van der Waals surface area contributed by atoms with Gasteiger partial charge in [-0.3, -0.25) is 9.59 Å². The molecule has 0 saturated heterocycles. The molecule has 31 heavy (non-hydrogen) atoms. The normalized spacial score (nSPS) is 10.7. The Morgan fingerprint density at radius 1 is 1.06 bits per heavy atom. The second kappa shape index (κ2) is 12.3. The Balaban J connectivity index is 1.89. The average molecular weight is 537 g/mol. The zero-order valence-electron chi connectivity index (χ0n) is 18.3. The highest BCUT2D eigenvalue weighted by molar-refractivity contribution is 14.1. The molecule has 0 aromatic heterocycles. The molecule has 0 radical (unpaired) electrons. The van der Waals surface area contributed by atoms with Crippen molar-refractivity contribution in [2.24, 2.45) is 5.10 Å². The maximum absolute atomic E-state index is 12.1. The fourth-order valence-corrected chi connectivity index (χ4v) is 3.55. The molecule has 0 aliphatic carbocycles. The summed E-state index contributed by atoms with van der Waals surface area (Å²) in [6, 6.07) is 9.42. The van der Waals surface area contributed by atoms with Crippen LogP contribution < -0.4 is 20.2 Å². The molecule has 0 bridgehead atoms. The summed E-state index contributed by atoms with van der Waals surface area (Å²) in [5, 5.41) is 6.84. The molecular weight excluding hydrogens is 509 g/mol. The molecule has 0 atom stereocenters. The van der Waals surface area contributed by atoms with Gasteiger partial charge in [0, 0.05) is 18.5 Å². The number of amides is 2. The van der Waals surface area contributed by atoms with Crippen molar-refractivity contribution in [3.8, 4) is 11.5 Å². The molecule has 0 spiro atoms. The molecule has 2 rings (SSSR count). The maximum atomic E-state index is 12.1. The lowest BCUT2D eigenvalue weighted by Gasteiger charge is -2.13. The first-order valence-corrected chi connectivity index (χ1v) is 11.2. The minimum Gasteiger partial charge on any atom is -0.490 e. The van der Waals surface area contributed by atoms with E-state index in [1.54, 1.807) is 0 Å². The first-order valence-electron chi connectivity index (χ1n) is 10.1. The van der Waals surface area contributed by atoms with Crippen molar-refractivity contribution in [1.82, 2.24) is 5.43 Å². The second-order valence-corrected chi connectivity index (χ2v) is 7.95. The predicted molar refractivity (Wildman–Crippen MR) is 131 cm³/mol. The van der Waals surface area contributed by atoms with Gasteiger partial charge in [0.2, 0.25) is 11.8 Å². The van der Waals surface area contributed by atoms with E-state index in [0.717, 1.165) is 25.9 Å². The molecule has 2 aromatic rings. The molecule has 8 heteroatoms. The van der Waals surface area contributed by atoms with Crippen LogP contribution in [0.2, 0.25) is 0 Å². The van der Waals surface area contributed by atoms with Gasteiger partial charge >= 0.3 is 0 Å². The van der Waals surface area contributed by atoms with Crippen LogP contribution in [0.5, 0.6) is 11.5 Å². The van der Waals surface area contributed by atoms with Gasteiger partial charge in [0.25, 0.3) is 0 Å². The zero-order valence-corrected chi connectivity index (χ0v) is 20.4. The largest absolute Gasteiger partial charge is 0.490 e. The molecule has 0 heterocycles. The first kappa shape index (κ1) is 24.6. The fraction of sp³-hybridized carbons (Fsp3) is 0.348. The van der Waals surface area contributed by atoms with Crippen LogP contribution >= 0.6 is 22.6 Å². The number of rotatable bonds is 10. The van der Waals surface area contributed by atoms with E-state index in [2.05, 4.69) is 38.4 Å². The summed E-state index contributed by atoms with van der Waals surface area (Å²) in [6.45, 7) is 8.80. The molecule has 0 aliphatic rings. The molecule has 0 aliphatic heterocycles. The van der Waals surface area contributed by atoms with Crippen LogP contribution in [0.4, 0.5) is 5.69 Å². The first-order chi connectivity index (χ1) is 14.8. The van der Waals surface area contributed by atoms with Crippen molar-refractivity contribution in [3.05, 3.63) is 50.6 Å². The summed E-state index contributed by atoms with van der Waals surface area (Å²) in [5.41, 5.74) is 6.10. The highest BCUT2D eigenvalue weighted by Crippen LogP contribution is 2.33. The average Bonchev–Trinajstić information content (AvgIpc) is 2.72. The van der Waals surface area contributed by atoms with Gasteiger partial charge < -0.3 is 14.8 Å². The van der Waals surface area contributed by atoms with E-state index < -0.39 is 0 Å². The summed E-state index contributed by atoms with van der Waals surface area (Å²) in [5.74, 6) is 0.779. The number of benzene rings is 2. The highest BCUT2D eigenvalue weighted by Gasteiger charge is 2.12. The number of hydrogen-bond acceptors (Lipinski definition) is 5. The third-order valence-corrected chi connectivity index (χ3v) is 5.28. The van der Waals surface area contributed by atoms with Gasteiger partial charge in [0.1, 0.15) is 0 Å². The van der Waals surface area contributed by atoms with E-state index in [4.69, 9.17) is 9.47 Å². The van der Waals surface area contributed by atoms with Crippen LogP contribution in [0.25, 0.3) is 0 Å². The summed E-state index contributed by atoms with van der Waals surface area (Å²) >= 11 is 2.17. The Morgan fingerprint density at radius 2 is 1.77 bits per heavy atom. The third kappa shape index (κ3) is 7.54. The van der Waals surface area contributed by atoms with E-state index in [9.17, 15) is 9.59 Å². The van der Waals surface area contributed by atoms with Gasteiger partial charge in [-0.05, 0) is 85.2 Å². The number of carbonyl (C=O) groups is 2. The number of nitrogens with one attached hydrogen (secondary N) is 2. The van der Waals surface area contributed by atoms with Crippen molar-refractivity contribution in [3.63, 3.8) is 0 Å². The molecule has 0 fully saturated rings. The molecule has 2 aromatic carbocycles. The van der Waals surface area contributed by atoms with Crippen molar-refractivity contribution in [1.29, 1.82) is 0 Å². The summed E-state index contributed by atoms with van der Waals surface area (Å²) in [7, 11) is 0. The SMILES string of the molecule is CCOc1cc(C=NNC(=O)CCC(=O)Nc2cccc(C)c2C)cc(I)c1OCC. The number of halogens is 1. The van der Waals surface area contributed by atoms with Crippen LogP contribution in [-0.4, -0.2) is 31.2 Å². The topological polar surface area (TPSA) is 89.0 Å². The van der Waals surface area contributed by atoms with Gasteiger partial charge in [-0.25, -0.2) is 5.43 Å². The highest BCUT2D eigenvalue weighted by atomic mass is 127. The number of anilines is 1. The Bertz CT molecular complexity index is 960. The van der Waals surface area contributed by atoms with Gasteiger partial charge in [-0.2, -0.15) is 5.10 Å². The quantitative estimate of drug-likeness (QED) is 0.264. The van der Waals surface area contributed by atoms with Crippen molar-refractivity contribution in [2.75, 3.05) is 18.5 Å². The molecule has 0 saturated carbocycles. The standard InChI is InChI=1S/C23H28IN3O4/c1-5-30-20-13-17(12-18(24)23(20)31-6-2)14-25-27-22(29)11-10-21(28)26-19-9-7-8-15(3)16(19)4/h7-9,12-14H,5-6,10-11H2,1-4H3,(H,26,28)(H,27,29). The van der Waals surface area contributed by atoms with E-state index >= 15 is 0 Å². The van der Waals surface area contributed by atoms with Crippen LogP contribution in [0.15, 0.2) is 35.4 Å². The lowest BCUT2D eigenvalue weighted by molar-refractivity contribution is -0.124. The minimum absolute atomic E-state index is 0.0407. The van der Waals surface area contributed by atoms with Crippen molar-refractivity contribution < 1.29 is 19.1 Å². The van der Waals surface area contributed by atoms with Crippen molar-refractivity contribution in [2.45, 2.75) is 40.5 Å². The monoisotopic (exact) mass is 537 g/mol. The van der Waals surface area contributed by atoms with Crippen LogP contribution in [0.3, 0.4) is 0 Å². The smallest absolute Gasteiger partial charge is 0.240 e. The fourth-order valence-electron chi connectivity index (χ4n) is 2.77. The number of aryl methyl sites for hydroxylation is 1. The molecule has 166 valence electrons. The Morgan fingerprint density at radius 3 is 2.48 bits per heavy atom. The lowest BCUT2D eigenvalue weighted by Crippen LogP contribution is -2.21. The molecular formula is C23H28IN3O4. The zero-order chi connectivity index (χ0) is 22.8. The second-order valence-electron chi connectivity index (χ2n) is 6.78. The van der Waals surface area contributed by atoms with Crippen LogP contribution in [0.1, 0.15) is 43.4 Å². The maximum Gasteiger partial charge on any atom is 0.240 e. The van der Waals surface area contributed by atoms with E-state index in [0.29, 0.717) is 24.7 Å². The molecule has 2 N–H and O–H groups in total. The Labute approximate surface area is 196 Å². The van der Waals surface area contributed by atoms with Crippen molar-refractivity contribution >= 4 is 46.3 Å². The third-order valence-electron chi connectivity index (χ3n) is 4.48. The van der Waals surface area contributed by atoms with Gasteiger partial charge in [0.15, 0.2) is 11.5 Å². The van der Waals surface area contributed by atoms with Gasteiger partial charge in [0.05, 0.1) is 23.0 Å². The predicted octanol–water partition coefficient (Wildman–Crippen LogP) is 4.57.